The maximum atomic E-state index is 9.31. The molecule has 0 aliphatic carbocycles. The van der Waals surface area contributed by atoms with Crippen molar-refractivity contribution in [1.29, 1.82) is 5.26 Å². The van der Waals surface area contributed by atoms with Crippen LogP contribution in [0.25, 0.3) is 22.5 Å². The fourth-order valence-electron chi connectivity index (χ4n) is 2.98. The van der Waals surface area contributed by atoms with Gasteiger partial charge in [-0.3, -0.25) is 14.3 Å². The lowest BCUT2D eigenvalue weighted by Crippen LogP contribution is -2.08. The SMILES string of the molecule is Cc1ccn(CCn2ccc(-c3cccc(-c4ncccc4C#N)c3)n2)n1. The zero-order chi connectivity index (χ0) is 18.6. The molecule has 6 nitrogen and oxygen atoms in total. The Hall–Kier alpha value is -3.72. The minimum Gasteiger partial charge on any atom is -0.271 e. The summed E-state index contributed by atoms with van der Waals surface area (Å²) in [7, 11) is 0. The number of benzene rings is 1. The van der Waals surface area contributed by atoms with E-state index < -0.39 is 0 Å². The molecule has 0 aliphatic heterocycles. The molecule has 4 rings (SSSR count). The molecule has 0 N–H and O–H groups in total. The van der Waals surface area contributed by atoms with Crippen LogP contribution in [0.15, 0.2) is 67.1 Å². The van der Waals surface area contributed by atoms with E-state index in [0.29, 0.717) is 11.3 Å². The van der Waals surface area contributed by atoms with Gasteiger partial charge >= 0.3 is 0 Å². The first-order chi connectivity index (χ1) is 13.2. The highest BCUT2D eigenvalue weighted by Gasteiger charge is 2.09. The van der Waals surface area contributed by atoms with E-state index in [4.69, 9.17) is 0 Å². The van der Waals surface area contributed by atoms with E-state index in [1.165, 1.54) is 0 Å². The zero-order valence-corrected chi connectivity index (χ0v) is 14.9. The Morgan fingerprint density at radius 1 is 0.926 bits per heavy atom. The van der Waals surface area contributed by atoms with Crippen molar-refractivity contribution in [3.8, 4) is 28.6 Å². The second-order valence-electron chi connectivity index (χ2n) is 6.28. The molecule has 0 atom stereocenters. The molecule has 132 valence electrons. The van der Waals surface area contributed by atoms with Gasteiger partial charge in [-0.15, -0.1) is 0 Å². The van der Waals surface area contributed by atoms with Crippen LogP contribution in [0.1, 0.15) is 11.3 Å². The summed E-state index contributed by atoms with van der Waals surface area (Å²) >= 11 is 0. The lowest BCUT2D eigenvalue weighted by atomic mass is 10.0. The normalized spacial score (nSPS) is 10.7. The first-order valence-corrected chi connectivity index (χ1v) is 8.72. The van der Waals surface area contributed by atoms with Crippen molar-refractivity contribution in [2.75, 3.05) is 0 Å². The molecule has 3 heterocycles. The van der Waals surface area contributed by atoms with E-state index in [2.05, 4.69) is 21.3 Å². The summed E-state index contributed by atoms with van der Waals surface area (Å²) in [6.45, 7) is 3.50. The van der Waals surface area contributed by atoms with E-state index >= 15 is 0 Å². The first kappa shape index (κ1) is 16.7. The van der Waals surface area contributed by atoms with Gasteiger partial charge in [0.25, 0.3) is 0 Å². The Morgan fingerprint density at radius 3 is 2.48 bits per heavy atom. The molecule has 6 heteroatoms. The van der Waals surface area contributed by atoms with E-state index in [-0.39, 0.29) is 0 Å². The van der Waals surface area contributed by atoms with Crippen LogP contribution in [0.5, 0.6) is 0 Å². The second kappa shape index (κ2) is 7.26. The Bertz CT molecular complexity index is 1120. The molecule has 0 fully saturated rings. The van der Waals surface area contributed by atoms with Crippen molar-refractivity contribution < 1.29 is 0 Å². The van der Waals surface area contributed by atoms with Crippen molar-refractivity contribution in [3.63, 3.8) is 0 Å². The highest BCUT2D eigenvalue weighted by molar-refractivity contribution is 5.72. The highest BCUT2D eigenvalue weighted by Crippen LogP contribution is 2.26. The number of aromatic nitrogens is 5. The maximum Gasteiger partial charge on any atom is 0.101 e. The van der Waals surface area contributed by atoms with E-state index in [1.54, 1.807) is 18.3 Å². The number of nitrogens with zero attached hydrogens (tertiary/aromatic N) is 6. The van der Waals surface area contributed by atoms with Crippen molar-refractivity contribution >= 4 is 0 Å². The summed E-state index contributed by atoms with van der Waals surface area (Å²) in [5.41, 5.74) is 5.06. The third-order valence-corrected chi connectivity index (χ3v) is 4.33. The van der Waals surface area contributed by atoms with Gasteiger partial charge in [0.2, 0.25) is 0 Å². The third-order valence-electron chi connectivity index (χ3n) is 4.33. The molecule has 0 spiro atoms. The molecule has 0 radical (unpaired) electrons. The molecule has 0 amide bonds. The van der Waals surface area contributed by atoms with Gasteiger partial charge in [0.05, 0.1) is 35.7 Å². The second-order valence-corrected chi connectivity index (χ2v) is 6.28. The van der Waals surface area contributed by atoms with Crippen molar-refractivity contribution in [1.82, 2.24) is 24.5 Å². The maximum absolute atomic E-state index is 9.31. The van der Waals surface area contributed by atoms with E-state index in [0.717, 1.165) is 35.6 Å². The average molecular weight is 354 g/mol. The Kier molecular flexibility index (Phi) is 4.50. The summed E-state index contributed by atoms with van der Waals surface area (Å²) in [5.74, 6) is 0. The van der Waals surface area contributed by atoms with Crippen LogP contribution in [-0.2, 0) is 13.1 Å². The van der Waals surface area contributed by atoms with Crippen LogP contribution in [0, 0.1) is 18.3 Å². The van der Waals surface area contributed by atoms with Gasteiger partial charge in [-0.25, -0.2) is 0 Å². The highest BCUT2D eigenvalue weighted by atomic mass is 15.3. The molecule has 0 aliphatic rings. The standard InChI is InChI=1S/C21H18N6/c1-16-7-10-26(24-16)12-13-27-11-8-20(25-27)17-4-2-5-18(14-17)21-19(15-22)6-3-9-23-21/h2-11,14H,12-13H2,1H3. The molecular formula is C21H18N6. The van der Waals surface area contributed by atoms with Gasteiger partial charge in [0.15, 0.2) is 0 Å². The fraction of sp³-hybridized carbons (Fsp3) is 0.143. The molecule has 0 unspecified atom stereocenters. The molecule has 3 aromatic heterocycles. The average Bonchev–Trinajstić information content (AvgIpc) is 3.35. The minimum absolute atomic E-state index is 0.565. The number of pyridine rings is 1. The molecule has 1 aromatic carbocycles. The Labute approximate surface area is 157 Å². The summed E-state index contributed by atoms with van der Waals surface area (Å²) < 4.78 is 3.84. The molecule has 0 saturated carbocycles. The van der Waals surface area contributed by atoms with Crippen LogP contribution in [0.2, 0.25) is 0 Å². The predicted octanol–water partition coefficient (Wildman–Crippen LogP) is 3.69. The number of nitriles is 1. The summed E-state index contributed by atoms with van der Waals surface area (Å²) in [6.07, 6.45) is 5.65. The van der Waals surface area contributed by atoms with Crippen LogP contribution in [-0.4, -0.2) is 24.5 Å². The van der Waals surface area contributed by atoms with E-state index in [1.807, 2.05) is 65.1 Å². The predicted molar refractivity (Wildman–Crippen MR) is 103 cm³/mol. The molecule has 0 saturated heterocycles. The number of hydrogen-bond acceptors (Lipinski definition) is 4. The number of hydrogen-bond donors (Lipinski definition) is 0. The Morgan fingerprint density at radius 2 is 1.70 bits per heavy atom. The first-order valence-electron chi connectivity index (χ1n) is 8.72. The van der Waals surface area contributed by atoms with Crippen molar-refractivity contribution in [3.05, 3.63) is 78.4 Å². The molecule has 4 aromatic rings. The lowest BCUT2D eigenvalue weighted by Gasteiger charge is -2.05. The Balaban J connectivity index is 1.56. The molecule has 27 heavy (non-hydrogen) atoms. The summed E-state index contributed by atoms with van der Waals surface area (Å²) in [4.78, 5) is 4.37. The van der Waals surface area contributed by atoms with Crippen LogP contribution < -0.4 is 0 Å². The van der Waals surface area contributed by atoms with Gasteiger partial charge in [-0.1, -0.05) is 18.2 Å². The molecular weight excluding hydrogens is 336 g/mol. The fourth-order valence-corrected chi connectivity index (χ4v) is 2.98. The van der Waals surface area contributed by atoms with Gasteiger partial charge in [-0.05, 0) is 37.3 Å². The third kappa shape index (κ3) is 3.62. The largest absolute Gasteiger partial charge is 0.271 e. The van der Waals surface area contributed by atoms with Gasteiger partial charge in [0.1, 0.15) is 6.07 Å². The van der Waals surface area contributed by atoms with Crippen LogP contribution >= 0.6 is 0 Å². The molecule has 0 bridgehead atoms. The summed E-state index contributed by atoms with van der Waals surface area (Å²) in [6, 6.07) is 17.7. The zero-order valence-electron chi connectivity index (χ0n) is 14.9. The van der Waals surface area contributed by atoms with Crippen molar-refractivity contribution in [2.24, 2.45) is 0 Å². The topological polar surface area (TPSA) is 72.3 Å². The smallest absolute Gasteiger partial charge is 0.101 e. The van der Waals surface area contributed by atoms with E-state index in [9.17, 15) is 5.26 Å². The van der Waals surface area contributed by atoms with Crippen molar-refractivity contribution in [2.45, 2.75) is 20.0 Å². The van der Waals surface area contributed by atoms with Crippen LogP contribution in [0.4, 0.5) is 0 Å². The number of rotatable bonds is 5. The lowest BCUT2D eigenvalue weighted by molar-refractivity contribution is 0.499. The minimum atomic E-state index is 0.565. The number of aryl methyl sites for hydroxylation is 3. The summed E-state index contributed by atoms with van der Waals surface area (Å²) in [5, 5.41) is 18.4. The monoisotopic (exact) mass is 354 g/mol. The van der Waals surface area contributed by atoms with Gasteiger partial charge < -0.3 is 0 Å². The van der Waals surface area contributed by atoms with Gasteiger partial charge in [0, 0.05) is 29.7 Å². The van der Waals surface area contributed by atoms with Crippen LogP contribution in [0.3, 0.4) is 0 Å². The quantitative estimate of drug-likeness (QED) is 0.548. The van der Waals surface area contributed by atoms with Gasteiger partial charge in [-0.2, -0.15) is 15.5 Å².